The van der Waals surface area contributed by atoms with Crippen LogP contribution >= 0.6 is 0 Å². The first-order valence-corrected chi connectivity index (χ1v) is 15.3. The van der Waals surface area contributed by atoms with E-state index >= 15 is 0 Å². The molecular formula is C36H39N5O6. The van der Waals surface area contributed by atoms with E-state index in [0.717, 1.165) is 28.2 Å². The van der Waals surface area contributed by atoms with E-state index in [1.165, 1.54) is 12.7 Å². The van der Waals surface area contributed by atoms with Crippen molar-refractivity contribution >= 4 is 18.2 Å². The Morgan fingerprint density at radius 3 is 2.43 bits per heavy atom. The fourth-order valence-electron chi connectivity index (χ4n) is 5.56. The first-order chi connectivity index (χ1) is 22.7. The number of amides is 2. The number of aliphatic hydroxyl groups excluding tert-OH is 1. The average Bonchev–Trinajstić information content (AvgIpc) is 3.36. The van der Waals surface area contributed by atoms with Crippen LogP contribution in [0.2, 0.25) is 0 Å². The van der Waals surface area contributed by atoms with Crippen molar-refractivity contribution in [1.29, 1.82) is 0 Å². The summed E-state index contributed by atoms with van der Waals surface area (Å²) in [5.74, 6) is 0.204. The summed E-state index contributed by atoms with van der Waals surface area (Å²) < 4.78 is 18.7. The van der Waals surface area contributed by atoms with Crippen molar-refractivity contribution in [1.82, 2.24) is 20.6 Å². The van der Waals surface area contributed by atoms with Gasteiger partial charge in [-0.15, -0.1) is 0 Å². The molecule has 2 amide bonds. The summed E-state index contributed by atoms with van der Waals surface area (Å²) in [7, 11) is 1.28. The number of aliphatic hydroxyl groups is 1. The van der Waals surface area contributed by atoms with Crippen LogP contribution in [0.1, 0.15) is 42.4 Å². The first kappa shape index (κ1) is 32.8. The van der Waals surface area contributed by atoms with Gasteiger partial charge in [0.25, 0.3) is 0 Å². The number of methoxy groups -OCH3 is 1. The highest BCUT2D eigenvalue weighted by atomic mass is 16.5. The molecule has 1 aliphatic rings. The van der Waals surface area contributed by atoms with Crippen molar-refractivity contribution in [3.05, 3.63) is 113 Å². The van der Waals surface area contributed by atoms with Crippen molar-refractivity contribution < 1.29 is 28.9 Å². The van der Waals surface area contributed by atoms with Crippen LogP contribution in [-0.4, -0.2) is 54.4 Å². The maximum atomic E-state index is 12.5. The lowest BCUT2D eigenvalue weighted by molar-refractivity contribution is -0.136. The Hall–Kier alpha value is -5.55. The Labute approximate surface area is 273 Å². The average molecular weight is 638 g/mol. The first-order valence-electron chi connectivity index (χ1n) is 15.3. The molecule has 0 unspecified atom stereocenters. The lowest BCUT2D eigenvalue weighted by Gasteiger charge is -2.28. The summed E-state index contributed by atoms with van der Waals surface area (Å²) in [6.07, 6.45) is 0.553. The number of esters is 1. The molecule has 0 spiro atoms. The highest BCUT2D eigenvalue weighted by Crippen LogP contribution is 2.35. The molecular weight excluding hydrogens is 598 g/mol. The molecule has 0 aliphatic carbocycles. The molecule has 0 saturated heterocycles. The van der Waals surface area contributed by atoms with Crippen LogP contribution in [0.15, 0.2) is 95.2 Å². The van der Waals surface area contributed by atoms with E-state index in [4.69, 9.17) is 14.2 Å². The molecule has 3 aromatic carbocycles. The number of nitrogens with one attached hydrogen (secondary N) is 3. The summed E-state index contributed by atoms with van der Waals surface area (Å²) in [5, 5.41) is 20.2. The number of hydrogen-bond donors (Lipinski definition) is 4. The predicted molar refractivity (Wildman–Crippen MR) is 180 cm³/mol. The van der Waals surface area contributed by atoms with E-state index in [1.807, 2.05) is 45.0 Å². The molecule has 1 aromatic heterocycles. The highest BCUT2D eigenvalue weighted by molar-refractivity contribution is 5.95. The molecule has 244 valence electrons. The van der Waals surface area contributed by atoms with Gasteiger partial charge in [-0.2, -0.15) is 5.10 Å². The minimum Gasteiger partial charge on any atom is -0.490 e. The Bertz CT molecular complexity index is 1800. The van der Waals surface area contributed by atoms with Gasteiger partial charge in [0.15, 0.2) is 17.7 Å². The van der Waals surface area contributed by atoms with E-state index in [2.05, 4.69) is 62.1 Å². The van der Waals surface area contributed by atoms with Crippen molar-refractivity contribution in [2.75, 3.05) is 20.3 Å². The third kappa shape index (κ3) is 7.47. The molecule has 2 heterocycles. The Morgan fingerprint density at radius 1 is 1.00 bits per heavy atom. The lowest BCUT2D eigenvalue weighted by Crippen LogP contribution is -2.45. The van der Waals surface area contributed by atoms with Gasteiger partial charge in [-0.1, -0.05) is 48.5 Å². The van der Waals surface area contributed by atoms with E-state index in [9.17, 15) is 14.7 Å². The SMILES string of the molecule is CCOc1cc([C@H]2NC(=O)NC(C)=C2C(=O)OC)ccc1OC[C@@H](O)N/N=C/c1cc(C)n(-c2ccc(-c3ccccc3)cc2)c1C. The van der Waals surface area contributed by atoms with Gasteiger partial charge in [0.1, 0.15) is 6.61 Å². The van der Waals surface area contributed by atoms with Gasteiger partial charge in [0, 0.05) is 28.3 Å². The summed E-state index contributed by atoms with van der Waals surface area (Å²) in [4.78, 5) is 24.7. The molecule has 47 heavy (non-hydrogen) atoms. The number of carbonyl (C=O) groups excluding carboxylic acids is 2. The Morgan fingerprint density at radius 2 is 1.72 bits per heavy atom. The van der Waals surface area contributed by atoms with Crippen molar-refractivity contribution in [3.8, 4) is 28.3 Å². The second-order valence-electron chi connectivity index (χ2n) is 11.0. The van der Waals surface area contributed by atoms with Crippen molar-refractivity contribution in [2.24, 2.45) is 5.10 Å². The van der Waals surface area contributed by atoms with Gasteiger partial charge in [-0.25, -0.2) is 9.59 Å². The van der Waals surface area contributed by atoms with Gasteiger partial charge in [0.2, 0.25) is 0 Å². The van der Waals surface area contributed by atoms with Crippen LogP contribution in [0.4, 0.5) is 4.79 Å². The molecule has 4 N–H and O–H groups in total. The molecule has 2 atom stereocenters. The molecule has 5 rings (SSSR count). The molecule has 11 nitrogen and oxygen atoms in total. The highest BCUT2D eigenvalue weighted by Gasteiger charge is 2.32. The number of aryl methyl sites for hydroxylation is 1. The summed E-state index contributed by atoms with van der Waals surface area (Å²) in [5.41, 5.74) is 10.3. The number of nitrogens with zero attached hydrogens (tertiary/aromatic N) is 2. The van der Waals surface area contributed by atoms with Gasteiger partial charge in [-0.05, 0) is 74.7 Å². The van der Waals surface area contributed by atoms with Crippen LogP contribution < -0.4 is 25.5 Å². The fourth-order valence-corrected chi connectivity index (χ4v) is 5.56. The normalized spacial score (nSPS) is 15.2. The van der Waals surface area contributed by atoms with Crippen LogP contribution in [0, 0.1) is 13.8 Å². The van der Waals surface area contributed by atoms with E-state index in [1.54, 1.807) is 31.3 Å². The molecule has 0 fully saturated rings. The van der Waals surface area contributed by atoms with Crippen molar-refractivity contribution in [2.45, 2.75) is 40.0 Å². The maximum absolute atomic E-state index is 12.5. The monoisotopic (exact) mass is 637 g/mol. The minimum absolute atomic E-state index is 0.125. The van der Waals surface area contributed by atoms with Crippen LogP contribution in [0.25, 0.3) is 16.8 Å². The third-order valence-electron chi connectivity index (χ3n) is 7.80. The largest absolute Gasteiger partial charge is 0.490 e. The Balaban J connectivity index is 1.23. The predicted octanol–water partition coefficient (Wildman–Crippen LogP) is 5.28. The molecule has 4 aromatic rings. The number of allylic oxidation sites excluding steroid dienone is 1. The second kappa shape index (κ2) is 14.7. The zero-order chi connectivity index (χ0) is 33.5. The molecule has 1 aliphatic heterocycles. The second-order valence-corrected chi connectivity index (χ2v) is 11.0. The smallest absolute Gasteiger partial charge is 0.337 e. The topological polar surface area (TPSA) is 135 Å². The zero-order valence-electron chi connectivity index (χ0n) is 27.0. The number of aromatic nitrogens is 1. The summed E-state index contributed by atoms with van der Waals surface area (Å²) >= 11 is 0. The van der Waals surface area contributed by atoms with E-state index in [0.29, 0.717) is 29.4 Å². The number of benzene rings is 3. The van der Waals surface area contributed by atoms with Crippen LogP contribution in [0.3, 0.4) is 0 Å². The number of hydrogen-bond acceptors (Lipinski definition) is 8. The standard InChI is InChI=1S/C36H39N5O6/c1-6-46-31-19-27(34-33(35(43)45-5)23(3)38-36(44)39-34)14-17-30(31)47-21-32(42)40-37-20-28-18-22(2)41(24(28)4)29-15-12-26(13-16-29)25-10-8-7-9-11-25/h7-20,32,34,40,42H,6,21H2,1-5H3,(H2,38,39,44)/b37-20+/t32-,34-/m1/s1. The van der Waals surface area contributed by atoms with E-state index < -0.39 is 24.3 Å². The molecule has 0 radical (unpaired) electrons. The maximum Gasteiger partial charge on any atom is 0.337 e. The quantitative estimate of drug-likeness (QED) is 0.0718. The van der Waals surface area contributed by atoms with Gasteiger partial charge >= 0.3 is 12.0 Å². The van der Waals surface area contributed by atoms with Gasteiger partial charge < -0.3 is 34.5 Å². The van der Waals surface area contributed by atoms with Gasteiger partial charge in [-0.3, -0.25) is 5.43 Å². The lowest BCUT2D eigenvalue weighted by atomic mass is 9.95. The van der Waals surface area contributed by atoms with Crippen LogP contribution in [0.5, 0.6) is 11.5 Å². The number of ether oxygens (including phenoxy) is 3. The third-order valence-corrected chi connectivity index (χ3v) is 7.80. The van der Waals surface area contributed by atoms with E-state index in [-0.39, 0.29) is 12.2 Å². The molecule has 11 heteroatoms. The van der Waals surface area contributed by atoms with Crippen molar-refractivity contribution in [3.63, 3.8) is 0 Å². The molecule has 0 saturated carbocycles. The number of rotatable bonds is 12. The van der Waals surface area contributed by atoms with Crippen LogP contribution in [-0.2, 0) is 9.53 Å². The number of urea groups is 1. The van der Waals surface area contributed by atoms with Gasteiger partial charge in [0.05, 0.1) is 31.5 Å². The summed E-state index contributed by atoms with van der Waals surface area (Å²) in [6, 6.07) is 24.6. The summed E-state index contributed by atoms with van der Waals surface area (Å²) in [6.45, 7) is 7.75. The fraction of sp³-hybridized carbons (Fsp3) is 0.250. The number of carbonyl (C=O) groups is 2. The Kier molecular flexibility index (Phi) is 10.3. The number of hydrazone groups is 1. The molecule has 0 bridgehead atoms. The zero-order valence-corrected chi connectivity index (χ0v) is 27.0. The minimum atomic E-state index is -1.12.